The maximum absolute atomic E-state index is 12.7. The number of thioether (sulfide) groups is 1. The minimum Gasteiger partial charge on any atom is -0.462 e. The Kier molecular flexibility index (Phi) is 29.6. The lowest BCUT2D eigenvalue weighted by molar-refractivity contribution is -0.157. The fourth-order valence-electron chi connectivity index (χ4n) is 5.65. The third kappa shape index (κ3) is 27.2. The molecule has 0 aromatic rings. The third-order valence-electron chi connectivity index (χ3n) is 8.69. The maximum Gasteiger partial charge on any atom is 0.306 e. The summed E-state index contributed by atoms with van der Waals surface area (Å²) in [5.74, 6) is 0.147. The van der Waals surface area contributed by atoms with Crippen LogP contribution in [0.3, 0.4) is 0 Å². The van der Waals surface area contributed by atoms with E-state index in [2.05, 4.69) is 24.1 Å². The van der Waals surface area contributed by atoms with Gasteiger partial charge in [0, 0.05) is 44.0 Å². The molecule has 1 heterocycles. The Bertz CT molecular complexity index is 768. The Morgan fingerprint density at radius 3 is 1.79 bits per heavy atom. The number of ether oxygens (including phenoxy) is 3. The van der Waals surface area contributed by atoms with Gasteiger partial charge in [0.25, 0.3) is 0 Å². The lowest BCUT2D eigenvalue weighted by Gasteiger charge is -2.26. The Morgan fingerprint density at radius 2 is 1.23 bits per heavy atom. The molecule has 1 aliphatic heterocycles. The molecule has 1 fully saturated rings. The van der Waals surface area contributed by atoms with Crippen molar-refractivity contribution >= 4 is 29.6 Å². The molecular formula is C37H71N3O6S. The summed E-state index contributed by atoms with van der Waals surface area (Å²) in [7, 11) is 0. The topological polar surface area (TPSA) is 120 Å². The molecule has 0 bridgehead atoms. The summed E-state index contributed by atoms with van der Waals surface area (Å²) in [5, 5.41) is 2.94. The van der Waals surface area contributed by atoms with Gasteiger partial charge in [-0.05, 0) is 25.8 Å². The van der Waals surface area contributed by atoms with Crippen LogP contribution in [0.15, 0.2) is 0 Å². The summed E-state index contributed by atoms with van der Waals surface area (Å²) in [6.45, 7) is 9.42. The van der Waals surface area contributed by atoms with E-state index >= 15 is 0 Å². The predicted molar refractivity (Wildman–Crippen MR) is 195 cm³/mol. The smallest absolute Gasteiger partial charge is 0.306 e. The van der Waals surface area contributed by atoms with Crippen LogP contribution >= 0.6 is 11.8 Å². The van der Waals surface area contributed by atoms with E-state index in [0.717, 1.165) is 77.8 Å². The zero-order valence-corrected chi connectivity index (χ0v) is 31.1. The average Bonchev–Trinajstić information content (AvgIpc) is 3.07. The second kappa shape index (κ2) is 31.9. The van der Waals surface area contributed by atoms with Crippen molar-refractivity contribution in [2.45, 2.75) is 161 Å². The molecule has 47 heavy (non-hydrogen) atoms. The minimum absolute atomic E-state index is 0.0374. The summed E-state index contributed by atoms with van der Waals surface area (Å²) in [6, 6.07) is -0.657. The Balaban J connectivity index is 2.35. The quantitative estimate of drug-likeness (QED) is 0.0560. The zero-order valence-electron chi connectivity index (χ0n) is 30.3. The van der Waals surface area contributed by atoms with Crippen LogP contribution in [0, 0.1) is 0 Å². The number of hydrogen-bond donors (Lipinski definition) is 2. The average molecular weight is 686 g/mol. The molecule has 1 aliphatic rings. The molecule has 9 nitrogen and oxygen atoms in total. The first-order chi connectivity index (χ1) is 23.0. The molecule has 10 heteroatoms. The fraction of sp³-hybridized carbons (Fsp3) is 0.919. The van der Waals surface area contributed by atoms with Gasteiger partial charge in [-0.15, -0.1) is 0 Å². The summed E-state index contributed by atoms with van der Waals surface area (Å²) >= 11 is 1.45. The van der Waals surface area contributed by atoms with Crippen molar-refractivity contribution in [3.8, 4) is 0 Å². The van der Waals surface area contributed by atoms with Gasteiger partial charge in [0.05, 0.1) is 19.3 Å². The van der Waals surface area contributed by atoms with Crippen LogP contribution in [0.25, 0.3) is 0 Å². The first-order valence-electron chi connectivity index (χ1n) is 19.2. The highest BCUT2D eigenvalue weighted by Crippen LogP contribution is 2.15. The van der Waals surface area contributed by atoms with E-state index in [1.807, 2.05) is 0 Å². The van der Waals surface area contributed by atoms with E-state index < -0.39 is 12.1 Å². The number of unbranched alkanes of at least 4 members (excludes halogenated alkanes) is 16. The monoisotopic (exact) mass is 686 g/mol. The SMILES string of the molecule is CCCCCCCCCCCC(=O)OC[C@H](CSC[C@H](N)C(=O)NCCCN1CCOCC1)OC(=O)CCCCCCCCCCC. The Labute approximate surface area is 291 Å². The predicted octanol–water partition coefficient (Wildman–Crippen LogP) is 7.18. The van der Waals surface area contributed by atoms with Gasteiger partial charge in [0.15, 0.2) is 0 Å². The molecule has 1 rings (SSSR count). The van der Waals surface area contributed by atoms with Crippen LogP contribution in [-0.2, 0) is 28.6 Å². The number of nitrogens with two attached hydrogens (primary N) is 1. The normalized spacial score (nSPS) is 14.9. The van der Waals surface area contributed by atoms with Gasteiger partial charge < -0.3 is 25.3 Å². The zero-order chi connectivity index (χ0) is 34.2. The molecule has 2 atom stereocenters. The van der Waals surface area contributed by atoms with Crippen molar-refractivity contribution in [1.29, 1.82) is 0 Å². The number of amides is 1. The first-order valence-corrected chi connectivity index (χ1v) is 20.4. The number of rotatable bonds is 32. The van der Waals surface area contributed by atoms with Crippen molar-refractivity contribution in [2.75, 3.05) is 57.5 Å². The minimum atomic E-state index is -0.657. The maximum atomic E-state index is 12.7. The fourth-order valence-corrected chi connectivity index (χ4v) is 6.62. The molecule has 0 spiro atoms. The number of carbonyl (C=O) groups is 3. The van der Waals surface area contributed by atoms with Gasteiger partial charge in [-0.2, -0.15) is 11.8 Å². The van der Waals surface area contributed by atoms with Crippen LogP contribution in [0.4, 0.5) is 0 Å². The molecule has 276 valence electrons. The highest BCUT2D eigenvalue weighted by atomic mass is 32.2. The van der Waals surface area contributed by atoms with E-state index in [4.69, 9.17) is 19.9 Å². The second-order valence-electron chi connectivity index (χ2n) is 13.2. The van der Waals surface area contributed by atoms with Gasteiger partial charge in [0.2, 0.25) is 5.91 Å². The molecule has 1 saturated heterocycles. The molecule has 0 aromatic carbocycles. The second-order valence-corrected chi connectivity index (χ2v) is 14.3. The van der Waals surface area contributed by atoms with Gasteiger partial charge in [-0.1, -0.05) is 117 Å². The summed E-state index contributed by atoms with van der Waals surface area (Å²) in [6.07, 6.45) is 22.4. The number of hydrogen-bond acceptors (Lipinski definition) is 9. The van der Waals surface area contributed by atoms with Crippen molar-refractivity contribution in [3.63, 3.8) is 0 Å². The van der Waals surface area contributed by atoms with Gasteiger partial charge in [-0.3, -0.25) is 19.3 Å². The standard InChI is InChI=1S/C37H71N3O6S/c1-3-5-7-9-11-13-15-17-19-22-35(41)45-30-33(46-36(42)23-20-18-16-14-12-10-8-6-4-2)31-47-32-34(38)37(43)39-24-21-25-40-26-28-44-29-27-40/h33-34H,3-32,38H2,1-2H3,(H,39,43)/t33-,34+/m1/s1. The number of nitrogens with zero attached hydrogens (tertiary/aromatic N) is 1. The van der Waals surface area contributed by atoms with E-state index in [1.54, 1.807) is 0 Å². The van der Waals surface area contributed by atoms with Crippen LogP contribution in [0.5, 0.6) is 0 Å². The molecule has 0 radical (unpaired) electrons. The lowest BCUT2D eigenvalue weighted by atomic mass is 10.1. The van der Waals surface area contributed by atoms with Crippen LogP contribution in [0.2, 0.25) is 0 Å². The molecule has 0 unspecified atom stereocenters. The molecule has 0 saturated carbocycles. The van der Waals surface area contributed by atoms with E-state index in [1.165, 1.54) is 88.8 Å². The molecule has 0 aromatic heterocycles. The van der Waals surface area contributed by atoms with Gasteiger partial charge >= 0.3 is 11.9 Å². The molecule has 3 N–H and O–H groups in total. The largest absolute Gasteiger partial charge is 0.462 e. The van der Waals surface area contributed by atoms with Crippen LogP contribution < -0.4 is 11.1 Å². The van der Waals surface area contributed by atoms with E-state index in [-0.39, 0.29) is 24.5 Å². The Hall–Kier alpha value is -1.36. The Morgan fingerprint density at radius 1 is 0.723 bits per heavy atom. The van der Waals surface area contributed by atoms with Crippen molar-refractivity contribution in [1.82, 2.24) is 10.2 Å². The molecular weight excluding hydrogens is 614 g/mol. The third-order valence-corrected chi connectivity index (χ3v) is 9.89. The van der Waals surface area contributed by atoms with Crippen molar-refractivity contribution in [3.05, 3.63) is 0 Å². The highest BCUT2D eigenvalue weighted by Gasteiger charge is 2.20. The molecule has 0 aliphatic carbocycles. The lowest BCUT2D eigenvalue weighted by Crippen LogP contribution is -2.44. The van der Waals surface area contributed by atoms with Crippen LogP contribution in [0.1, 0.15) is 149 Å². The van der Waals surface area contributed by atoms with Gasteiger partial charge in [-0.25, -0.2) is 0 Å². The first kappa shape index (κ1) is 43.7. The van der Waals surface area contributed by atoms with Crippen molar-refractivity contribution < 1.29 is 28.6 Å². The van der Waals surface area contributed by atoms with Crippen LogP contribution in [-0.4, -0.2) is 92.4 Å². The van der Waals surface area contributed by atoms with Crippen molar-refractivity contribution in [2.24, 2.45) is 5.73 Å². The summed E-state index contributed by atoms with van der Waals surface area (Å²) < 4.78 is 16.7. The van der Waals surface area contributed by atoms with E-state index in [0.29, 0.717) is 30.9 Å². The number of morpholine rings is 1. The number of carbonyl (C=O) groups excluding carboxylic acids is 3. The number of esters is 2. The van der Waals surface area contributed by atoms with Gasteiger partial charge in [0.1, 0.15) is 12.7 Å². The van der Waals surface area contributed by atoms with E-state index in [9.17, 15) is 14.4 Å². The number of nitrogens with one attached hydrogen (secondary N) is 1. The highest BCUT2D eigenvalue weighted by molar-refractivity contribution is 7.99. The summed E-state index contributed by atoms with van der Waals surface area (Å²) in [4.78, 5) is 39.9. The summed E-state index contributed by atoms with van der Waals surface area (Å²) in [5.41, 5.74) is 6.16. The molecule has 1 amide bonds.